The minimum Gasteiger partial charge on any atom is -0.147 e. The summed E-state index contributed by atoms with van der Waals surface area (Å²) in [6.07, 6.45) is 6.96. The van der Waals surface area contributed by atoms with Crippen molar-refractivity contribution in [3.05, 3.63) is 59.8 Å². The summed E-state index contributed by atoms with van der Waals surface area (Å²) in [5.74, 6) is 0. The van der Waals surface area contributed by atoms with Crippen LogP contribution in [0, 0.1) is 0 Å². The fourth-order valence-corrected chi connectivity index (χ4v) is 20.2. The third kappa shape index (κ3) is 2.63. The molecule has 1 aliphatic carbocycles. The largest absolute Gasteiger partial charge is 0.147 e. The van der Waals surface area contributed by atoms with Crippen LogP contribution in [0.3, 0.4) is 0 Å². The number of rotatable bonds is 3. The number of allylic oxidation sites excluding steroid dienone is 1. The summed E-state index contributed by atoms with van der Waals surface area (Å²) in [6, 6.07) is 13.5. The topological polar surface area (TPSA) is 15.8 Å². The van der Waals surface area contributed by atoms with Crippen LogP contribution in [0.25, 0.3) is 6.08 Å². The fourth-order valence-electron chi connectivity index (χ4n) is 4.09. The van der Waals surface area contributed by atoms with Crippen molar-refractivity contribution in [2.45, 2.75) is 33.0 Å². The predicted molar refractivity (Wildman–Crippen MR) is 110 cm³/mol. The first kappa shape index (κ1) is 20.8. The molecule has 1 aliphatic rings. The predicted octanol–water partition coefficient (Wildman–Crippen LogP) is 5.60. The van der Waals surface area contributed by atoms with E-state index in [2.05, 4.69) is 88.5 Å². The van der Waals surface area contributed by atoms with Gasteiger partial charge in [-0.1, -0.05) is 0 Å². The number of aromatic nitrogens is 1. The smallest absolute Gasteiger partial charge is 0.147 e. The number of hydrogen-bond acceptors (Lipinski definition) is 0. The van der Waals surface area contributed by atoms with Gasteiger partial charge in [0.2, 0.25) is 0 Å². The molecular weight excluding hydrogens is 377 g/mol. The van der Waals surface area contributed by atoms with Gasteiger partial charge < -0.3 is 0 Å². The molecule has 0 saturated carbocycles. The van der Waals surface area contributed by atoms with Crippen LogP contribution in [0.1, 0.15) is 15.3 Å². The normalized spacial score (nSPS) is 19.3. The van der Waals surface area contributed by atoms with Crippen molar-refractivity contribution in [1.82, 2.24) is 4.98 Å². The van der Waals surface area contributed by atoms with E-state index in [0.29, 0.717) is 4.22 Å². The van der Waals surface area contributed by atoms with Gasteiger partial charge in [0.1, 0.15) is 0 Å². The van der Waals surface area contributed by atoms with E-state index in [1.165, 1.54) is 5.56 Å². The first-order chi connectivity index (χ1) is 9.70. The number of aromatic amines is 1. The van der Waals surface area contributed by atoms with Crippen molar-refractivity contribution in [2.24, 2.45) is 0 Å². The fraction of sp³-hybridized carbons (Fsp3) is 0.333. The molecule has 1 aromatic carbocycles. The van der Waals surface area contributed by atoms with Gasteiger partial charge >= 0.3 is 128 Å². The summed E-state index contributed by atoms with van der Waals surface area (Å²) in [5.41, 5.74) is 2.97. The molecule has 0 radical (unpaired) electrons. The van der Waals surface area contributed by atoms with Crippen molar-refractivity contribution in [3.63, 3.8) is 0 Å². The summed E-state index contributed by atoms with van der Waals surface area (Å²) in [4.78, 5) is 3.63. The first-order valence-electron chi connectivity index (χ1n) is 8.05. The average Bonchev–Trinajstić information content (AvgIpc) is 3.09. The summed E-state index contributed by atoms with van der Waals surface area (Å²) < 4.78 is 2.13. The molecule has 1 aromatic heterocycles. The molecule has 2 aromatic rings. The van der Waals surface area contributed by atoms with Gasteiger partial charge in [0.25, 0.3) is 0 Å². The zero-order valence-corrected chi connectivity index (χ0v) is 19.0. The third-order valence-corrected chi connectivity index (χ3v) is 45.4. The van der Waals surface area contributed by atoms with Gasteiger partial charge in [-0.3, -0.25) is 0 Å². The quantitative estimate of drug-likeness (QED) is 0.639. The van der Waals surface area contributed by atoms with Gasteiger partial charge in [0.15, 0.2) is 0 Å². The zero-order valence-electron chi connectivity index (χ0n) is 14.7. The Bertz CT molecular complexity index is 726. The van der Waals surface area contributed by atoms with Crippen molar-refractivity contribution in [1.29, 1.82) is 0 Å². The maximum absolute atomic E-state index is 3.63. The molecule has 0 aliphatic heterocycles. The van der Waals surface area contributed by atoms with Crippen LogP contribution in [-0.4, -0.2) is 11.6 Å². The molecule has 1 N–H and O–H groups in total. The Morgan fingerprint density at radius 1 is 0.957 bits per heavy atom. The number of nitrogens with one attached hydrogen (secondary N) is 1. The molecule has 0 fully saturated rings. The van der Waals surface area contributed by atoms with Crippen LogP contribution in [-0.2, 0) is 13.3 Å². The minimum atomic E-state index is -3.42. The Hall–Kier alpha value is -0.249. The van der Waals surface area contributed by atoms with Crippen LogP contribution in [0.4, 0.5) is 0 Å². The number of halogens is 2. The molecule has 23 heavy (non-hydrogen) atoms. The van der Waals surface area contributed by atoms with Gasteiger partial charge in [-0.25, -0.2) is 0 Å². The Balaban J connectivity index is 0.00000132. The van der Waals surface area contributed by atoms with E-state index in [-0.39, 0.29) is 24.8 Å². The van der Waals surface area contributed by atoms with E-state index in [0.717, 1.165) is 0 Å². The molecular formula is C18H29Cl2NSiTi. The van der Waals surface area contributed by atoms with E-state index < -0.39 is 19.9 Å². The van der Waals surface area contributed by atoms with Crippen molar-refractivity contribution >= 4 is 41.6 Å². The second-order valence-electron chi connectivity index (χ2n) is 9.14. The van der Waals surface area contributed by atoms with E-state index in [9.17, 15) is 0 Å². The Morgan fingerprint density at radius 2 is 1.61 bits per heavy atom. The van der Waals surface area contributed by atoms with Crippen LogP contribution in [0.5, 0.6) is 0 Å². The molecule has 0 saturated heterocycles. The summed E-state index contributed by atoms with van der Waals surface area (Å²) in [6.45, 7) is 4.18. The molecule has 128 valence electrons. The second kappa shape index (κ2) is 5.93. The van der Waals surface area contributed by atoms with E-state index in [4.69, 9.17) is 0 Å². The molecule has 5 heteroatoms. The van der Waals surface area contributed by atoms with Gasteiger partial charge in [-0.05, 0) is 0 Å². The Kier molecular flexibility index (Phi) is 5.36. The van der Waals surface area contributed by atoms with Gasteiger partial charge in [0.05, 0.1) is 0 Å². The van der Waals surface area contributed by atoms with E-state index in [1.807, 2.05) is 0 Å². The summed E-state index contributed by atoms with van der Waals surface area (Å²) in [5, 5.41) is 8.00. The van der Waals surface area contributed by atoms with Crippen molar-refractivity contribution in [3.8, 4) is 0 Å². The molecule has 1 atom stereocenters. The monoisotopic (exact) mass is 405 g/mol. The second-order valence-corrected chi connectivity index (χ2v) is 42.2. The van der Waals surface area contributed by atoms with E-state index in [1.54, 1.807) is 9.56 Å². The number of benzene rings is 1. The molecule has 0 amide bonds. The number of fused-ring (bicyclic) bond motifs is 1. The van der Waals surface area contributed by atoms with E-state index >= 15 is 0 Å². The maximum Gasteiger partial charge on any atom is -0.147 e. The molecule has 1 unspecified atom stereocenters. The number of hydrogen-bond donors (Lipinski definition) is 1. The van der Waals surface area contributed by atoms with Crippen molar-refractivity contribution in [2.75, 3.05) is 0 Å². The van der Waals surface area contributed by atoms with Crippen LogP contribution < -0.4 is 4.00 Å². The average molecular weight is 406 g/mol. The molecule has 1 heterocycles. The minimum absolute atomic E-state index is 0. The third-order valence-electron chi connectivity index (χ3n) is 7.14. The SMILES string of the molecule is C[SiH](C)[Ti]([CH3])([CH3])([CH3])([c]1ccc[nH]1)[CH]1C=Cc2ccccc21.Cl.Cl. The molecule has 1 nitrogen and oxygen atoms in total. The van der Waals surface area contributed by atoms with Gasteiger partial charge in [-0.2, -0.15) is 0 Å². The molecule has 0 spiro atoms. The first-order valence-corrected chi connectivity index (χ1v) is 20.0. The van der Waals surface area contributed by atoms with Crippen LogP contribution in [0.15, 0.2) is 48.7 Å². The van der Waals surface area contributed by atoms with Gasteiger partial charge in [0, 0.05) is 0 Å². The summed E-state index contributed by atoms with van der Waals surface area (Å²) >= 11 is -3.42. The zero-order chi connectivity index (χ0) is 15.4. The summed E-state index contributed by atoms with van der Waals surface area (Å²) in [7, 11) is 0. The maximum atomic E-state index is 3.63. The Labute approximate surface area is 152 Å². The van der Waals surface area contributed by atoms with Crippen molar-refractivity contribution < 1.29 is 13.3 Å². The van der Waals surface area contributed by atoms with Gasteiger partial charge in [-0.15, -0.1) is 24.8 Å². The molecule has 0 bridgehead atoms. The number of H-pyrrole nitrogens is 1. The van der Waals surface area contributed by atoms with Crippen LogP contribution >= 0.6 is 24.8 Å². The standard InChI is InChI=1S/C9H7.C4H4N.C2H7Si.3CH3.2ClH.Ti/c1-2-5-9-7-3-6-8(9)4-1;1-2-4-5-3-1;1-3-2;;;;;;/h1-7H;1-3,5H;3H,1-2H3;3*1H3;2*1H;. The van der Waals surface area contributed by atoms with Crippen LogP contribution in [0.2, 0.25) is 28.8 Å². The Morgan fingerprint density at radius 3 is 2.17 bits per heavy atom. The molecule has 3 rings (SSSR count).